The Morgan fingerprint density at radius 2 is 2.29 bits per heavy atom. The van der Waals surface area contributed by atoms with Gasteiger partial charge in [0, 0.05) is 18.1 Å². The molecular weight excluding hydrogens is 274 g/mol. The highest BCUT2D eigenvalue weighted by Crippen LogP contribution is 2.19. The van der Waals surface area contributed by atoms with E-state index in [2.05, 4.69) is 5.32 Å². The van der Waals surface area contributed by atoms with Crippen LogP contribution in [0.3, 0.4) is 0 Å². The predicted octanol–water partition coefficient (Wildman–Crippen LogP) is 1.30. The van der Waals surface area contributed by atoms with E-state index in [0.29, 0.717) is 24.5 Å². The first-order chi connectivity index (χ1) is 10.1. The van der Waals surface area contributed by atoms with Crippen molar-refractivity contribution in [2.75, 3.05) is 20.3 Å². The van der Waals surface area contributed by atoms with E-state index in [1.165, 1.54) is 7.11 Å². The molecule has 0 spiro atoms. The normalized spacial score (nSPS) is 19.6. The first kappa shape index (κ1) is 15.3. The first-order valence-electron chi connectivity index (χ1n) is 6.87. The molecule has 1 saturated heterocycles. The van der Waals surface area contributed by atoms with E-state index < -0.39 is 17.9 Å². The summed E-state index contributed by atoms with van der Waals surface area (Å²) in [5, 5.41) is 11.9. The Labute approximate surface area is 123 Å². The summed E-state index contributed by atoms with van der Waals surface area (Å²) in [6, 6.07) is 5.66. The van der Waals surface area contributed by atoms with Crippen LogP contribution in [-0.4, -0.2) is 43.3 Å². The SMILES string of the molecule is COc1cccc(C(=O)NC(C(=O)O)C2CCCOC2)c1. The third kappa shape index (κ3) is 3.95. The minimum atomic E-state index is -1.04. The number of benzene rings is 1. The molecule has 2 N–H and O–H groups in total. The van der Waals surface area contributed by atoms with Gasteiger partial charge in [-0.05, 0) is 31.0 Å². The first-order valence-corrected chi connectivity index (χ1v) is 6.87. The number of methoxy groups -OCH3 is 1. The lowest BCUT2D eigenvalue weighted by Gasteiger charge is -2.28. The Balaban J connectivity index is 2.08. The number of nitrogens with one attached hydrogen (secondary N) is 1. The van der Waals surface area contributed by atoms with E-state index in [1.807, 2.05) is 0 Å². The van der Waals surface area contributed by atoms with Gasteiger partial charge in [-0.2, -0.15) is 0 Å². The highest BCUT2D eigenvalue weighted by Gasteiger charge is 2.31. The monoisotopic (exact) mass is 293 g/mol. The largest absolute Gasteiger partial charge is 0.497 e. The van der Waals surface area contributed by atoms with Gasteiger partial charge < -0.3 is 19.9 Å². The van der Waals surface area contributed by atoms with Crippen LogP contribution < -0.4 is 10.1 Å². The molecule has 2 unspecified atom stereocenters. The number of carboxylic acid groups (broad SMARTS) is 1. The molecule has 0 aliphatic carbocycles. The van der Waals surface area contributed by atoms with E-state index in [9.17, 15) is 14.7 Å². The van der Waals surface area contributed by atoms with Crippen LogP contribution in [0.1, 0.15) is 23.2 Å². The summed E-state index contributed by atoms with van der Waals surface area (Å²) in [6.07, 6.45) is 1.54. The fraction of sp³-hybridized carbons (Fsp3) is 0.467. The molecule has 0 aromatic heterocycles. The van der Waals surface area contributed by atoms with Crippen LogP contribution in [0.5, 0.6) is 5.75 Å². The topological polar surface area (TPSA) is 84.9 Å². The highest BCUT2D eigenvalue weighted by atomic mass is 16.5. The molecule has 1 heterocycles. The van der Waals surface area contributed by atoms with Gasteiger partial charge in [0.2, 0.25) is 0 Å². The van der Waals surface area contributed by atoms with Gasteiger partial charge in [0.25, 0.3) is 5.91 Å². The van der Waals surface area contributed by atoms with E-state index in [0.717, 1.165) is 12.8 Å². The number of amides is 1. The second kappa shape index (κ2) is 7.08. The summed E-state index contributed by atoms with van der Waals surface area (Å²) in [4.78, 5) is 23.6. The minimum absolute atomic E-state index is 0.203. The smallest absolute Gasteiger partial charge is 0.326 e. The lowest BCUT2D eigenvalue weighted by atomic mass is 9.93. The van der Waals surface area contributed by atoms with E-state index in [-0.39, 0.29) is 5.92 Å². The summed E-state index contributed by atoms with van der Waals surface area (Å²) < 4.78 is 10.4. The quantitative estimate of drug-likeness (QED) is 0.855. The van der Waals surface area contributed by atoms with Crippen molar-refractivity contribution in [3.63, 3.8) is 0 Å². The van der Waals surface area contributed by atoms with Gasteiger partial charge in [0.1, 0.15) is 11.8 Å². The fourth-order valence-electron chi connectivity index (χ4n) is 2.40. The predicted molar refractivity (Wildman–Crippen MR) is 75.4 cm³/mol. The average molecular weight is 293 g/mol. The molecule has 0 saturated carbocycles. The van der Waals surface area contributed by atoms with Gasteiger partial charge >= 0.3 is 5.97 Å². The van der Waals surface area contributed by atoms with Crippen molar-refractivity contribution in [2.24, 2.45) is 5.92 Å². The van der Waals surface area contributed by atoms with Gasteiger partial charge in [-0.15, -0.1) is 0 Å². The maximum atomic E-state index is 12.2. The molecule has 0 bridgehead atoms. The Morgan fingerprint density at radius 1 is 1.48 bits per heavy atom. The van der Waals surface area contributed by atoms with Crippen molar-refractivity contribution in [3.8, 4) is 5.75 Å². The summed E-state index contributed by atoms with van der Waals surface area (Å²) in [6.45, 7) is 1.00. The molecule has 114 valence electrons. The minimum Gasteiger partial charge on any atom is -0.497 e. The maximum absolute atomic E-state index is 12.2. The van der Waals surface area contributed by atoms with Gasteiger partial charge in [0.05, 0.1) is 13.7 Å². The molecule has 1 aliphatic rings. The Hall–Kier alpha value is -2.08. The summed E-state index contributed by atoms with van der Waals surface area (Å²) in [5.41, 5.74) is 0.373. The molecule has 1 aromatic rings. The number of carbonyl (C=O) groups excluding carboxylic acids is 1. The Kier molecular flexibility index (Phi) is 5.16. The van der Waals surface area contributed by atoms with Crippen LogP contribution in [0.25, 0.3) is 0 Å². The number of hydrogen-bond acceptors (Lipinski definition) is 4. The third-order valence-corrected chi connectivity index (χ3v) is 3.55. The zero-order valence-electron chi connectivity index (χ0n) is 11.9. The second-order valence-electron chi connectivity index (χ2n) is 5.00. The van der Waals surface area contributed by atoms with E-state index in [4.69, 9.17) is 9.47 Å². The zero-order valence-corrected chi connectivity index (χ0v) is 11.9. The van der Waals surface area contributed by atoms with Crippen LogP contribution >= 0.6 is 0 Å². The Bertz CT molecular complexity index is 511. The molecule has 6 heteroatoms. The molecular formula is C15H19NO5. The summed E-state index contributed by atoms with van der Waals surface area (Å²) in [5.74, 6) is -1.12. The van der Waals surface area contributed by atoms with Crippen molar-refractivity contribution in [3.05, 3.63) is 29.8 Å². The van der Waals surface area contributed by atoms with Gasteiger partial charge in [0.15, 0.2) is 0 Å². The molecule has 21 heavy (non-hydrogen) atoms. The third-order valence-electron chi connectivity index (χ3n) is 3.55. The highest BCUT2D eigenvalue weighted by molar-refractivity contribution is 5.97. The molecule has 6 nitrogen and oxygen atoms in total. The lowest BCUT2D eigenvalue weighted by Crippen LogP contribution is -2.48. The molecule has 1 amide bonds. The second-order valence-corrected chi connectivity index (χ2v) is 5.00. The Morgan fingerprint density at radius 3 is 2.90 bits per heavy atom. The molecule has 1 aromatic carbocycles. The van der Waals surface area contributed by atoms with Crippen LogP contribution in [-0.2, 0) is 9.53 Å². The molecule has 0 radical (unpaired) electrons. The van der Waals surface area contributed by atoms with Gasteiger partial charge in [-0.25, -0.2) is 4.79 Å². The number of rotatable bonds is 5. The number of aliphatic carboxylic acids is 1. The number of ether oxygens (including phenoxy) is 2. The number of carboxylic acids is 1. The van der Waals surface area contributed by atoms with Gasteiger partial charge in [-0.1, -0.05) is 6.07 Å². The van der Waals surface area contributed by atoms with Crippen molar-refractivity contribution >= 4 is 11.9 Å². The van der Waals surface area contributed by atoms with Crippen LogP contribution in [0.15, 0.2) is 24.3 Å². The van der Waals surface area contributed by atoms with E-state index in [1.54, 1.807) is 24.3 Å². The van der Waals surface area contributed by atoms with E-state index >= 15 is 0 Å². The maximum Gasteiger partial charge on any atom is 0.326 e. The van der Waals surface area contributed by atoms with Crippen LogP contribution in [0.4, 0.5) is 0 Å². The number of hydrogen-bond donors (Lipinski definition) is 2. The van der Waals surface area contributed by atoms with Crippen molar-refractivity contribution < 1.29 is 24.2 Å². The molecule has 1 fully saturated rings. The van der Waals surface area contributed by atoms with Gasteiger partial charge in [-0.3, -0.25) is 4.79 Å². The van der Waals surface area contributed by atoms with Crippen LogP contribution in [0.2, 0.25) is 0 Å². The lowest BCUT2D eigenvalue weighted by molar-refractivity contribution is -0.142. The average Bonchev–Trinajstić information content (AvgIpc) is 2.53. The molecule has 2 atom stereocenters. The van der Waals surface area contributed by atoms with Crippen molar-refractivity contribution in [1.82, 2.24) is 5.32 Å². The standard InChI is InChI=1S/C15H19NO5/c1-20-12-6-2-4-10(8-12)14(17)16-13(15(18)19)11-5-3-7-21-9-11/h2,4,6,8,11,13H,3,5,7,9H2,1H3,(H,16,17)(H,18,19). The summed E-state index contributed by atoms with van der Waals surface area (Å²) in [7, 11) is 1.51. The number of carbonyl (C=O) groups is 2. The summed E-state index contributed by atoms with van der Waals surface area (Å²) >= 11 is 0. The van der Waals surface area contributed by atoms with Crippen molar-refractivity contribution in [1.29, 1.82) is 0 Å². The van der Waals surface area contributed by atoms with Crippen LogP contribution in [0, 0.1) is 5.92 Å². The van der Waals surface area contributed by atoms with Crippen molar-refractivity contribution in [2.45, 2.75) is 18.9 Å². The zero-order chi connectivity index (χ0) is 15.2. The fourth-order valence-corrected chi connectivity index (χ4v) is 2.40. The molecule has 1 aliphatic heterocycles. The molecule has 2 rings (SSSR count).